The number of hydrogen-bond acceptors (Lipinski definition) is 5. The van der Waals surface area contributed by atoms with Crippen molar-refractivity contribution in [2.75, 3.05) is 32.1 Å². The molecule has 3 amide bonds. The van der Waals surface area contributed by atoms with Crippen LogP contribution in [0.25, 0.3) is 0 Å². The largest absolute Gasteiger partial charge is 0.455 e. The van der Waals surface area contributed by atoms with E-state index in [-0.39, 0.29) is 30.8 Å². The Labute approximate surface area is 164 Å². The Bertz CT molecular complexity index is 745. The van der Waals surface area contributed by atoms with Crippen molar-refractivity contribution in [1.82, 2.24) is 9.80 Å². The molecule has 28 heavy (non-hydrogen) atoms. The molecule has 1 N–H and O–H groups in total. The summed E-state index contributed by atoms with van der Waals surface area (Å²) >= 11 is 0. The number of rotatable bonds is 7. The van der Waals surface area contributed by atoms with Crippen molar-refractivity contribution in [2.45, 2.75) is 33.2 Å². The van der Waals surface area contributed by atoms with Gasteiger partial charge in [-0.15, -0.1) is 0 Å². The molecule has 0 radical (unpaired) electrons. The van der Waals surface area contributed by atoms with Crippen LogP contribution in [-0.4, -0.2) is 66.3 Å². The maximum Gasteiger partial charge on any atom is 0.311 e. The summed E-state index contributed by atoms with van der Waals surface area (Å²) in [6.07, 6.45) is 0.0972. The number of esters is 1. The smallest absolute Gasteiger partial charge is 0.311 e. The normalized spacial score (nSPS) is 16.2. The highest BCUT2D eigenvalue weighted by molar-refractivity contribution is 5.95. The van der Waals surface area contributed by atoms with Gasteiger partial charge in [0, 0.05) is 31.7 Å². The van der Waals surface area contributed by atoms with E-state index < -0.39 is 24.4 Å². The third-order valence-electron chi connectivity index (χ3n) is 4.59. The van der Waals surface area contributed by atoms with Gasteiger partial charge in [-0.2, -0.15) is 0 Å². The van der Waals surface area contributed by atoms with Crippen molar-refractivity contribution < 1.29 is 23.9 Å². The van der Waals surface area contributed by atoms with Crippen molar-refractivity contribution in [3.8, 4) is 0 Å². The Morgan fingerprint density at radius 3 is 2.46 bits per heavy atom. The number of carbonyl (C=O) groups excluding carboxylic acids is 4. The summed E-state index contributed by atoms with van der Waals surface area (Å²) in [6, 6.07) is 7.32. The zero-order valence-electron chi connectivity index (χ0n) is 16.7. The second-order valence-corrected chi connectivity index (χ2v) is 7.31. The summed E-state index contributed by atoms with van der Waals surface area (Å²) in [5, 5.41) is 2.70. The highest BCUT2D eigenvalue weighted by Gasteiger charge is 2.36. The molecule has 0 aromatic heterocycles. The van der Waals surface area contributed by atoms with Crippen LogP contribution in [0.3, 0.4) is 0 Å². The number of carbonyl (C=O) groups is 4. The van der Waals surface area contributed by atoms with Gasteiger partial charge < -0.3 is 19.9 Å². The van der Waals surface area contributed by atoms with Gasteiger partial charge in [0.25, 0.3) is 5.91 Å². The second-order valence-electron chi connectivity index (χ2n) is 7.31. The Kier molecular flexibility index (Phi) is 7.14. The van der Waals surface area contributed by atoms with E-state index in [1.807, 2.05) is 32.9 Å². The number of hydrogen-bond donors (Lipinski definition) is 1. The lowest BCUT2D eigenvalue weighted by Gasteiger charge is -2.20. The van der Waals surface area contributed by atoms with Crippen LogP contribution in [0.1, 0.15) is 25.8 Å². The molecule has 1 unspecified atom stereocenters. The second kappa shape index (κ2) is 9.34. The fraction of sp³-hybridized carbons (Fsp3) is 0.500. The first-order valence-electron chi connectivity index (χ1n) is 9.24. The number of likely N-dealkylation sites (tertiary alicyclic amines) is 1. The van der Waals surface area contributed by atoms with Gasteiger partial charge in [-0.25, -0.2) is 0 Å². The molecule has 152 valence electrons. The minimum Gasteiger partial charge on any atom is -0.455 e. The zero-order valence-corrected chi connectivity index (χ0v) is 16.7. The average molecular weight is 389 g/mol. The van der Waals surface area contributed by atoms with E-state index in [0.29, 0.717) is 12.2 Å². The number of ether oxygens (including phenoxy) is 1. The predicted octanol–water partition coefficient (Wildman–Crippen LogP) is 1.19. The fourth-order valence-corrected chi connectivity index (χ4v) is 2.89. The molecule has 1 aliphatic heterocycles. The molecule has 1 aromatic carbocycles. The first-order valence-corrected chi connectivity index (χ1v) is 9.24. The average Bonchev–Trinajstić information content (AvgIpc) is 3.03. The molecule has 0 saturated carbocycles. The molecule has 1 atom stereocenters. The van der Waals surface area contributed by atoms with Crippen LogP contribution in [0, 0.1) is 12.8 Å². The lowest BCUT2D eigenvalue weighted by atomic mass is 10.1. The molecule has 1 saturated heterocycles. The third-order valence-corrected chi connectivity index (χ3v) is 4.59. The fourth-order valence-electron chi connectivity index (χ4n) is 2.89. The molecule has 8 heteroatoms. The van der Waals surface area contributed by atoms with E-state index in [9.17, 15) is 19.2 Å². The van der Waals surface area contributed by atoms with Crippen LogP contribution in [0.5, 0.6) is 0 Å². The lowest BCUT2D eigenvalue weighted by Crippen LogP contribution is -2.38. The van der Waals surface area contributed by atoms with Gasteiger partial charge in [-0.3, -0.25) is 19.2 Å². The summed E-state index contributed by atoms with van der Waals surface area (Å²) in [5.41, 5.74) is 1.72. The van der Waals surface area contributed by atoms with E-state index in [1.54, 1.807) is 17.0 Å². The van der Waals surface area contributed by atoms with Crippen LogP contribution < -0.4 is 5.32 Å². The van der Waals surface area contributed by atoms with E-state index in [4.69, 9.17) is 4.74 Å². The Morgan fingerprint density at radius 2 is 1.89 bits per heavy atom. The number of aryl methyl sites for hydroxylation is 1. The van der Waals surface area contributed by atoms with Gasteiger partial charge in [-0.05, 0) is 32.9 Å². The van der Waals surface area contributed by atoms with Crippen molar-refractivity contribution in [3.63, 3.8) is 0 Å². The number of likely N-dealkylation sites (N-methyl/N-ethyl adjacent to an activating group) is 1. The first kappa shape index (κ1) is 21.4. The van der Waals surface area contributed by atoms with Crippen LogP contribution in [-0.2, 0) is 23.9 Å². The van der Waals surface area contributed by atoms with Crippen LogP contribution >= 0.6 is 0 Å². The number of amides is 3. The number of benzene rings is 1. The molecular formula is C20H27N3O5. The highest BCUT2D eigenvalue weighted by atomic mass is 16.5. The highest BCUT2D eigenvalue weighted by Crippen LogP contribution is 2.21. The van der Waals surface area contributed by atoms with Crippen molar-refractivity contribution in [2.24, 2.45) is 5.92 Å². The molecule has 0 bridgehead atoms. The lowest BCUT2D eigenvalue weighted by molar-refractivity contribution is -0.155. The quantitative estimate of drug-likeness (QED) is 0.707. The van der Waals surface area contributed by atoms with Crippen molar-refractivity contribution in [3.05, 3.63) is 29.8 Å². The number of anilines is 1. The zero-order chi connectivity index (χ0) is 20.8. The van der Waals surface area contributed by atoms with E-state index in [1.165, 1.54) is 11.9 Å². The monoisotopic (exact) mass is 389 g/mol. The Hall–Kier alpha value is -2.90. The van der Waals surface area contributed by atoms with Gasteiger partial charge >= 0.3 is 5.97 Å². The Balaban J connectivity index is 1.76. The molecule has 0 spiro atoms. The third kappa shape index (κ3) is 5.80. The number of nitrogens with zero attached hydrogens (tertiary/aromatic N) is 2. The summed E-state index contributed by atoms with van der Waals surface area (Å²) < 4.78 is 5.06. The molecule has 2 rings (SSSR count). The molecule has 1 heterocycles. The van der Waals surface area contributed by atoms with Crippen LogP contribution in [0.2, 0.25) is 0 Å². The van der Waals surface area contributed by atoms with Crippen LogP contribution in [0.15, 0.2) is 24.3 Å². The van der Waals surface area contributed by atoms with Gasteiger partial charge in [0.15, 0.2) is 6.61 Å². The van der Waals surface area contributed by atoms with Gasteiger partial charge in [0.1, 0.15) is 0 Å². The molecule has 1 aliphatic rings. The van der Waals surface area contributed by atoms with Gasteiger partial charge in [0.05, 0.1) is 12.5 Å². The molecule has 1 fully saturated rings. The summed E-state index contributed by atoms with van der Waals surface area (Å²) in [4.78, 5) is 51.0. The van der Waals surface area contributed by atoms with E-state index in [2.05, 4.69) is 5.32 Å². The van der Waals surface area contributed by atoms with E-state index in [0.717, 1.165) is 5.56 Å². The standard InChI is InChI=1S/C20H27N3O5/c1-13(2)23-10-15(9-18(23)25)20(27)28-12-19(26)22(4)11-17(24)21-16-7-5-14(3)6-8-16/h5-8,13,15H,9-12H2,1-4H3,(H,21,24). The first-order chi connectivity index (χ1) is 13.2. The SMILES string of the molecule is Cc1ccc(NC(=O)CN(C)C(=O)COC(=O)C2CC(=O)N(C(C)C)C2)cc1. The predicted molar refractivity (Wildman–Crippen MR) is 103 cm³/mol. The van der Waals surface area contributed by atoms with Gasteiger partial charge in [0.2, 0.25) is 11.8 Å². The van der Waals surface area contributed by atoms with Crippen LogP contribution in [0.4, 0.5) is 5.69 Å². The summed E-state index contributed by atoms with van der Waals surface area (Å²) in [7, 11) is 1.46. The van der Waals surface area contributed by atoms with Crippen molar-refractivity contribution >= 4 is 29.4 Å². The maximum atomic E-state index is 12.1. The minimum absolute atomic E-state index is 0.0186. The summed E-state index contributed by atoms with van der Waals surface area (Å²) in [6.45, 7) is 5.39. The Morgan fingerprint density at radius 1 is 1.25 bits per heavy atom. The number of nitrogens with one attached hydrogen (secondary N) is 1. The minimum atomic E-state index is -0.567. The summed E-state index contributed by atoms with van der Waals surface area (Å²) in [5.74, 6) is -2.05. The van der Waals surface area contributed by atoms with Crippen molar-refractivity contribution in [1.29, 1.82) is 0 Å². The maximum absolute atomic E-state index is 12.1. The van der Waals surface area contributed by atoms with Gasteiger partial charge in [-0.1, -0.05) is 17.7 Å². The topological polar surface area (TPSA) is 96.0 Å². The molecule has 0 aliphatic carbocycles. The molecule has 8 nitrogen and oxygen atoms in total. The van der Waals surface area contributed by atoms with E-state index >= 15 is 0 Å². The molecule has 1 aromatic rings. The molecular weight excluding hydrogens is 362 g/mol.